The molecule has 0 spiro atoms. The highest BCUT2D eigenvalue weighted by Gasteiger charge is 2.40. The number of amides is 1. The molecule has 1 amide bonds. The molecule has 0 aliphatic carbocycles. The van der Waals surface area contributed by atoms with Gasteiger partial charge in [-0.2, -0.15) is 5.26 Å². The first-order valence-electron chi connectivity index (χ1n) is 11.1. The summed E-state index contributed by atoms with van der Waals surface area (Å²) in [6.45, 7) is 4.11. The first-order valence-corrected chi connectivity index (χ1v) is 11.1. The number of piperazine rings is 1. The van der Waals surface area contributed by atoms with Crippen LogP contribution >= 0.6 is 0 Å². The smallest absolute Gasteiger partial charge is 0.407 e. The molecule has 2 bridgehead atoms. The van der Waals surface area contributed by atoms with Gasteiger partial charge in [0.15, 0.2) is 0 Å². The second-order valence-electron chi connectivity index (χ2n) is 8.54. The Balaban J connectivity index is 1.36. The quantitative estimate of drug-likeness (QED) is 0.688. The number of fused-ring (bicyclic) bond motifs is 2. The molecule has 168 valence electrons. The molecule has 7 heteroatoms. The highest BCUT2D eigenvalue weighted by atomic mass is 16.5. The van der Waals surface area contributed by atoms with Crippen molar-refractivity contribution in [3.8, 4) is 11.8 Å². The van der Waals surface area contributed by atoms with Crippen LogP contribution in [0.4, 0.5) is 4.79 Å². The van der Waals surface area contributed by atoms with Gasteiger partial charge in [0.25, 0.3) is 0 Å². The maximum Gasteiger partial charge on any atom is 0.407 e. The van der Waals surface area contributed by atoms with Crippen LogP contribution in [0.25, 0.3) is 0 Å². The minimum absolute atomic E-state index is 0.193. The van der Waals surface area contributed by atoms with Crippen LogP contribution < -0.4 is 10.1 Å². The summed E-state index contributed by atoms with van der Waals surface area (Å²) in [4.78, 5) is 17.0. The predicted molar refractivity (Wildman–Crippen MR) is 121 cm³/mol. The maximum absolute atomic E-state index is 11.9. The third-order valence-electron chi connectivity index (χ3n) is 6.33. The van der Waals surface area contributed by atoms with Gasteiger partial charge in [-0.3, -0.25) is 9.80 Å². The zero-order valence-corrected chi connectivity index (χ0v) is 18.4. The van der Waals surface area contributed by atoms with E-state index >= 15 is 0 Å². The van der Waals surface area contributed by atoms with Gasteiger partial charge in [0.1, 0.15) is 12.4 Å². The minimum Gasteiger partial charge on any atom is -0.491 e. The van der Waals surface area contributed by atoms with Crippen molar-refractivity contribution in [3.63, 3.8) is 0 Å². The van der Waals surface area contributed by atoms with Crippen molar-refractivity contribution in [2.24, 2.45) is 0 Å². The molecule has 2 aliphatic rings. The number of rotatable bonds is 8. The van der Waals surface area contributed by atoms with Gasteiger partial charge in [-0.15, -0.1) is 0 Å². The normalized spacial score (nSPS) is 21.5. The van der Waals surface area contributed by atoms with Crippen molar-refractivity contribution < 1.29 is 14.3 Å². The van der Waals surface area contributed by atoms with Crippen LogP contribution in [0, 0.1) is 11.3 Å². The van der Waals surface area contributed by atoms with E-state index in [0.717, 1.165) is 26.2 Å². The Morgan fingerprint density at radius 3 is 2.44 bits per heavy atom. The second-order valence-corrected chi connectivity index (χ2v) is 8.54. The van der Waals surface area contributed by atoms with E-state index in [9.17, 15) is 4.79 Å². The molecule has 0 saturated carbocycles. The summed E-state index contributed by atoms with van der Waals surface area (Å²) in [5, 5.41) is 11.9. The molecule has 32 heavy (non-hydrogen) atoms. The van der Waals surface area contributed by atoms with Gasteiger partial charge in [-0.25, -0.2) is 4.79 Å². The van der Waals surface area contributed by atoms with Crippen molar-refractivity contribution in [2.45, 2.75) is 37.5 Å². The number of ether oxygens (including phenoxy) is 2. The minimum atomic E-state index is -0.450. The van der Waals surface area contributed by atoms with Crippen LogP contribution in [0.1, 0.15) is 24.0 Å². The number of carbonyl (C=O) groups is 1. The first-order chi connectivity index (χ1) is 15.6. The molecule has 2 unspecified atom stereocenters. The van der Waals surface area contributed by atoms with Crippen LogP contribution in [0.3, 0.4) is 0 Å². The van der Waals surface area contributed by atoms with E-state index in [4.69, 9.17) is 14.7 Å². The Bertz CT molecular complexity index is 914. The summed E-state index contributed by atoms with van der Waals surface area (Å²) >= 11 is 0. The van der Waals surface area contributed by atoms with Crippen LogP contribution in [-0.2, 0) is 11.3 Å². The van der Waals surface area contributed by atoms with Crippen LogP contribution in [-0.4, -0.2) is 67.4 Å². The number of nitrogens with zero attached hydrogens (tertiary/aromatic N) is 3. The van der Waals surface area contributed by atoms with Crippen molar-refractivity contribution in [1.29, 1.82) is 5.26 Å². The number of benzene rings is 2. The Morgan fingerprint density at radius 2 is 1.81 bits per heavy atom. The number of nitriles is 1. The fourth-order valence-corrected chi connectivity index (χ4v) is 4.79. The van der Waals surface area contributed by atoms with Gasteiger partial charge in [-0.05, 0) is 42.7 Å². The number of hydrogen-bond donors (Lipinski definition) is 1. The summed E-state index contributed by atoms with van der Waals surface area (Å²) in [5.74, 6) is 0.677. The van der Waals surface area contributed by atoms with Crippen molar-refractivity contribution in [2.75, 3.05) is 33.4 Å². The van der Waals surface area contributed by atoms with E-state index in [-0.39, 0.29) is 6.04 Å². The van der Waals surface area contributed by atoms with E-state index in [1.807, 2.05) is 0 Å². The number of hydrogen-bond acceptors (Lipinski definition) is 6. The highest BCUT2D eigenvalue weighted by molar-refractivity contribution is 5.67. The molecule has 3 atom stereocenters. The van der Waals surface area contributed by atoms with Gasteiger partial charge in [0, 0.05) is 38.3 Å². The summed E-state index contributed by atoms with van der Waals surface area (Å²) in [6.07, 6.45) is 1.91. The molecule has 0 radical (unpaired) electrons. The molecular formula is C25H30N4O3. The zero-order chi connectivity index (χ0) is 22.3. The lowest BCUT2D eigenvalue weighted by Crippen LogP contribution is -2.57. The van der Waals surface area contributed by atoms with Crippen molar-refractivity contribution in [3.05, 3.63) is 65.7 Å². The molecule has 0 aromatic heterocycles. The molecule has 2 fully saturated rings. The third kappa shape index (κ3) is 5.58. The van der Waals surface area contributed by atoms with E-state index in [2.05, 4.69) is 51.5 Å². The van der Waals surface area contributed by atoms with Crippen molar-refractivity contribution >= 4 is 6.09 Å². The molecule has 2 aromatic carbocycles. The fraction of sp³-hybridized carbons (Fsp3) is 0.440. The van der Waals surface area contributed by atoms with Gasteiger partial charge >= 0.3 is 6.09 Å². The third-order valence-corrected chi connectivity index (χ3v) is 6.33. The van der Waals surface area contributed by atoms with E-state index < -0.39 is 6.09 Å². The van der Waals surface area contributed by atoms with Crippen LogP contribution in [0.2, 0.25) is 0 Å². The summed E-state index contributed by atoms with van der Waals surface area (Å²) in [5.41, 5.74) is 1.94. The number of carbonyl (C=O) groups excluding carboxylic acids is 1. The average molecular weight is 435 g/mol. The molecule has 2 aromatic rings. The van der Waals surface area contributed by atoms with Gasteiger partial charge in [0.2, 0.25) is 0 Å². The van der Waals surface area contributed by atoms with E-state index in [1.165, 1.54) is 25.5 Å². The van der Waals surface area contributed by atoms with E-state index in [0.29, 0.717) is 30.0 Å². The largest absolute Gasteiger partial charge is 0.491 e. The van der Waals surface area contributed by atoms with Gasteiger partial charge in [0.05, 0.1) is 24.8 Å². The maximum atomic E-state index is 11.9. The standard InChI is InChI=1S/C25H30N4O3/c1-31-25(30)27-21(18-32-24-11-7-19(13-26)8-12-24)15-29-22-9-10-23(29)17-28(16-22)14-20-5-3-2-4-6-20/h2-8,11-12,21-23H,9-10,14-18H2,1H3,(H,27,30)/t21-,22?,23?/m0/s1. The molecule has 2 saturated heterocycles. The fourth-order valence-electron chi connectivity index (χ4n) is 4.79. The number of methoxy groups -OCH3 is 1. The molecule has 1 N–H and O–H groups in total. The van der Waals surface area contributed by atoms with Gasteiger partial charge in [-0.1, -0.05) is 30.3 Å². The van der Waals surface area contributed by atoms with E-state index in [1.54, 1.807) is 24.3 Å². The highest BCUT2D eigenvalue weighted by Crippen LogP contribution is 2.31. The summed E-state index contributed by atoms with van der Waals surface area (Å²) < 4.78 is 10.8. The number of alkyl carbamates (subject to hydrolysis) is 1. The zero-order valence-electron chi connectivity index (χ0n) is 18.4. The van der Waals surface area contributed by atoms with Gasteiger partial charge < -0.3 is 14.8 Å². The second kappa shape index (κ2) is 10.5. The summed E-state index contributed by atoms with van der Waals surface area (Å²) in [7, 11) is 1.37. The lowest BCUT2D eigenvalue weighted by atomic mass is 10.1. The Morgan fingerprint density at radius 1 is 1.12 bits per heavy atom. The monoisotopic (exact) mass is 434 g/mol. The average Bonchev–Trinajstić information content (AvgIpc) is 3.05. The molecule has 7 nitrogen and oxygen atoms in total. The topological polar surface area (TPSA) is 77.8 Å². The molecule has 4 rings (SSSR count). The van der Waals surface area contributed by atoms with Crippen LogP contribution in [0.5, 0.6) is 5.75 Å². The Kier molecular flexibility index (Phi) is 7.25. The molecule has 2 aliphatic heterocycles. The molecular weight excluding hydrogens is 404 g/mol. The number of likely N-dealkylation sites (tertiary alicyclic amines) is 1. The van der Waals surface area contributed by atoms with Crippen LogP contribution in [0.15, 0.2) is 54.6 Å². The SMILES string of the molecule is COC(=O)N[C@H](COc1ccc(C#N)cc1)CN1C2CCC1CN(Cc1ccccc1)C2. The lowest BCUT2D eigenvalue weighted by Gasteiger charge is -2.42. The predicted octanol–water partition coefficient (Wildman–Crippen LogP) is 3.01. The Hall–Kier alpha value is -3.08. The Labute approximate surface area is 189 Å². The first kappa shape index (κ1) is 22.1. The number of nitrogens with one attached hydrogen (secondary N) is 1. The summed E-state index contributed by atoms with van der Waals surface area (Å²) in [6, 6.07) is 20.5. The molecule has 2 heterocycles. The lowest BCUT2D eigenvalue weighted by molar-refractivity contribution is 0.0491. The van der Waals surface area contributed by atoms with Crippen molar-refractivity contribution in [1.82, 2.24) is 15.1 Å².